The molecular formula is C21H30F3IN6. The SMILES string of the molecule is CCNC(=NCc1cn(C)nc1C(F)(F)F)NC1CC(C)N(Cc2ccccc2)C1.I. The maximum absolute atomic E-state index is 13.2. The second kappa shape index (κ2) is 11.2. The average Bonchev–Trinajstić information content (AvgIpc) is 3.23. The number of aryl methyl sites for hydroxylation is 1. The number of nitrogens with one attached hydrogen (secondary N) is 2. The summed E-state index contributed by atoms with van der Waals surface area (Å²) >= 11 is 0. The second-order valence-electron chi connectivity index (χ2n) is 7.71. The zero-order chi connectivity index (χ0) is 21.7. The van der Waals surface area contributed by atoms with Gasteiger partial charge in [-0.15, -0.1) is 24.0 Å². The van der Waals surface area contributed by atoms with Crippen LogP contribution in [0.2, 0.25) is 0 Å². The Kier molecular flexibility index (Phi) is 9.16. The largest absolute Gasteiger partial charge is 0.435 e. The van der Waals surface area contributed by atoms with E-state index in [0.717, 1.165) is 19.5 Å². The number of hydrogen-bond donors (Lipinski definition) is 2. The molecule has 0 radical (unpaired) electrons. The summed E-state index contributed by atoms with van der Waals surface area (Å²) in [6.07, 6.45) is -2.18. The fourth-order valence-corrected chi connectivity index (χ4v) is 3.81. The molecule has 0 aliphatic carbocycles. The molecule has 0 spiro atoms. The van der Waals surface area contributed by atoms with Gasteiger partial charge in [0.25, 0.3) is 0 Å². The van der Waals surface area contributed by atoms with E-state index >= 15 is 0 Å². The van der Waals surface area contributed by atoms with Gasteiger partial charge in [0.15, 0.2) is 11.7 Å². The third-order valence-electron chi connectivity index (χ3n) is 5.20. The van der Waals surface area contributed by atoms with Gasteiger partial charge in [0.2, 0.25) is 0 Å². The number of nitrogens with zero attached hydrogens (tertiary/aromatic N) is 4. The maximum Gasteiger partial charge on any atom is 0.435 e. The van der Waals surface area contributed by atoms with E-state index in [9.17, 15) is 13.2 Å². The maximum atomic E-state index is 13.2. The number of aromatic nitrogens is 2. The lowest BCUT2D eigenvalue weighted by Gasteiger charge is -2.21. The number of benzene rings is 1. The van der Waals surface area contributed by atoms with E-state index in [1.165, 1.54) is 23.5 Å². The quantitative estimate of drug-likeness (QED) is 0.327. The van der Waals surface area contributed by atoms with Gasteiger partial charge in [0, 0.05) is 50.5 Å². The van der Waals surface area contributed by atoms with Crippen molar-refractivity contribution in [3.8, 4) is 0 Å². The molecule has 1 aliphatic rings. The fraction of sp³-hybridized carbons (Fsp3) is 0.524. The number of hydrogen-bond acceptors (Lipinski definition) is 3. The lowest BCUT2D eigenvalue weighted by Crippen LogP contribution is -2.44. The van der Waals surface area contributed by atoms with Crippen molar-refractivity contribution in [2.75, 3.05) is 13.1 Å². The van der Waals surface area contributed by atoms with Crippen molar-refractivity contribution in [3.05, 3.63) is 53.3 Å². The van der Waals surface area contributed by atoms with E-state index in [0.29, 0.717) is 18.5 Å². The van der Waals surface area contributed by atoms with Crippen LogP contribution in [0.3, 0.4) is 0 Å². The van der Waals surface area contributed by atoms with Gasteiger partial charge in [-0.1, -0.05) is 30.3 Å². The Morgan fingerprint density at radius 1 is 1.26 bits per heavy atom. The summed E-state index contributed by atoms with van der Waals surface area (Å²) in [7, 11) is 1.48. The summed E-state index contributed by atoms with van der Waals surface area (Å²) in [5.74, 6) is 0.522. The lowest BCUT2D eigenvalue weighted by molar-refractivity contribution is -0.142. The molecule has 2 aromatic rings. The molecule has 1 aromatic heterocycles. The van der Waals surface area contributed by atoms with Gasteiger partial charge in [-0.05, 0) is 25.8 Å². The number of aliphatic imine (C=N–C) groups is 1. The van der Waals surface area contributed by atoms with Crippen molar-refractivity contribution in [2.24, 2.45) is 12.0 Å². The van der Waals surface area contributed by atoms with Crippen LogP contribution in [0.25, 0.3) is 0 Å². The van der Waals surface area contributed by atoms with E-state index < -0.39 is 11.9 Å². The molecule has 0 amide bonds. The van der Waals surface area contributed by atoms with E-state index in [1.54, 1.807) is 0 Å². The average molecular weight is 550 g/mol. The molecule has 2 N–H and O–H groups in total. The Morgan fingerprint density at radius 2 is 1.97 bits per heavy atom. The highest BCUT2D eigenvalue weighted by Gasteiger charge is 2.37. The molecule has 0 bridgehead atoms. The molecule has 0 saturated carbocycles. The van der Waals surface area contributed by atoms with Crippen molar-refractivity contribution >= 4 is 29.9 Å². The molecule has 10 heteroatoms. The number of likely N-dealkylation sites (tertiary alicyclic amines) is 1. The number of rotatable bonds is 6. The standard InChI is InChI=1S/C21H29F3N6.HI/c1-4-25-20(26-11-17-13-29(3)28-19(17)21(22,23)24)27-18-10-15(2)30(14-18)12-16-8-6-5-7-9-16;/h5-9,13,15,18H,4,10-12,14H2,1-3H3,(H2,25,26,27);1H. The zero-order valence-corrected chi connectivity index (χ0v) is 20.3. The Hall–Kier alpha value is -1.82. The molecule has 2 heterocycles. The van der Waals surface area contributed by atoms with Crippen LogP contribution in [0.4, 0.5) is 13.2 Å². The van der Waals surface area contributed by atoms with Crippen LogP contribution >= 0.6 is 24.0 Å². The van der Waals surface area contributed by atoms with Crippen LogP contribution in [-0.4, -0.2) is 45.8 Å². The first-order valence-electron chi connectivity index (χ1n) is 10.2. The molecule has 1 aliphatic heterocycles. The minimum Gasteiger partial charge on any atom is -0.357 e. The van der Waals surface area contributed by atoms with Crippen LogP contribution < -0.4 is 10.6 Å². The van der Waals surface area contributed by atoms with Crippen LogP contribution in [-0.2, 0) is 26.3 Å². The van der Waals surface area contributed by atoms with Gasteiger partial charge in [0.05, 0.1) is 6.54 Å². The first-order valence-corrected chi connectivity index (χ1v) is 10.2. The predicted octanol–water partition coefficient (Wildman–Crippen LogP) is 3.78. The topological polar surface area (TPSA) is 57.5 Å². The third kappa shape index (κ3) is 7.09. The Balaban J connectivity index is 0.00000341. The van der Waals surface area contributed by atoms with Crippen LogP contribution in [0, 0.1) is 0 Å². The second-order valence-corrected chi connectivity index (χ2v) is 7.71. The summed E-state index contributed by atoms with van der Waals surface area (Å²) in [5, 5.41) is 10.1. The highest BCUT2D eigenvalue weighted by Crippen LogP contribution is 2.30. The Bertz CT molecular complexity index is 853. The molecule has 2 atom stereocenters. The normalized spacial score (nSPS) is 19.9. The van der Waals surface area contributed by atoms with Crippen molar-refractivity contribution in [1.29, 1.82) is 0 Å². The molecule has 2 unspecified atom stereocenters. The minimum absolute atomic E-state index is 0. The summed E-state index contributed by atoms with van der Waals surface area (Å²) in [6.45, 7) is 6.38. The van der Waals surface area contributed by atoms with Crippen LogP contribution in [0.1, 0.15) is 37.1 Å². The molecule has 3 rings (SSSR count). The van der Waals surface area contributed by atoms with Crippen molar-refractivity contribution in [3.63, 3.8) is 0 Å². The Labute approximate surface area is 198 Å². The van der Waals surface area contributed by atoms with Crippen molar-refractivity contribution in [1.82, 2.24) is 25.3 Å². The summed E-state index contributed by atoms with van der Waals surface area (Å²) in [5.41, 5.74) is 0.447. The smallest absolute Gasteiger partial charge is 0.357 e. The van der Waals surface area contributed by atoms with E-state index in [2.05, 4.69) is 44.7 Å². The van der Waals surface area contributed by atoms with E-state index in [1.807, 2.05) is 25.1 Å². The number of halogens is 4. The van der Waals surface area contributed by atoms with Gasteiger partial charge in [-0.3, -0.25) is 9.58 Å². The molecule has 1 aromatic carbocycles. The van der Waals surface area contributed by atoms with Gasteiger partial charge in [-0.2, -0.15) is 18.3 Å². The highest BCUT2D eigenvalue weighted by molar-refractivity contribution is 14.0. The molecule has 1 saturated heterocycles. The first kappa shape index (κ1) is 25.4. The van der Waals surface area contributed by atoms with Gasteiger partial charge in [-0.25, -0.2) is 4.99 Å². The highest BCUT2D eigenvalue weighted by atomic mass is 127. The van der Waals surface area contributed by atoms with Gasteiger partial charge >= 0.3 is 6.18 Å². The number of alkyl halides is 3. The van der Waals surface area contributed by atoms with Crippen LogP contribution in [0.5, 0.6) is 0 Å². The monoisotopic (exact) mass is 550 g/mol. The van der Waals surface area contributed by atoms with Crippen molar-refractivity contribution in [2.45, 2.75) is 51.6 Å². The Morgan fingerprint density at radius 3 is 2.61 bits per heavy atom. The van der Waals surface area contributed by atoms with E-state index in [4.69, 9.17) is 0 Å². The van der Waals surface area contributed by atoms with Crippen LogP contribution in [0.15, 0.2) is 41.5 Å². The summed E-state index contributed by atoms with van der Waals surface area (Å²) < 4.78 is 40.7. The molecule has 172 valence electrons. The fourth-order valence-electron chi connectivity index (χ4n) is 3.81. The third-order valence-corrected chi connectivity index (χ3v) is 5.20. The number of guanidine groups is 1. The van der Waals surface area contributed by atoms with E-state index in [-0.39, 0.29) is 42.1 Å². The zero-order valence-electron chi connectivity index (χ0n) is 18.0. The van der Waals surface area contributed by atoms with Gasteiger partial charge in [0.1, 0.15) is 0 Å². The molecule has 6 nitrogen and oxygen atoms in total. The molecule has 1 fully saturated rings. The van der Waals surface area contributed by atoms with Gasteiger partial charge < -0.3 is 10.6 Å². The predicted molar refractivity (Wildman–Crippen MR) is 126 cm³/mol. The first-order chi connectivity index (χ1) is 14.3. The summed E-state index contributed by atoms with van der Waals surface area (Å²) in [4.78, 5) is 6.79. The van der Waals surface area contributed by atoms with Crippen molar-refractivity contribution < 1.29 is 13.2 Å². The molecule has 31 heavy (non-hydrogen) atoms. The molecular weight excluding hydrogens is 520 g/mol. The summed E-state index contributed by atoms with van der Waals surface area (Å²) in [6, 6.07) is 10.9. The minimum atomic E-state index is -4.49. The lowest BCUT2D eigenvalue weighted by atomic mass is 10.2.